The van der Waals surface area contributed by atoms with Gasteiger partial charge in [0.2, 0.25) is 0 Å². The van der Waals surface area contributed by atoms with Crippen LogP contribution in [0.25, 0.3) is 0 Å². The first-order chi connectivity index (χ1) is 11.0. The summed E-state index contributed by atoms with van der Waals surface area (Å²) in [6, 6.07) is 1.71. The summed E-state index contributed by atoms with van der Waals surface area (Å²) in [5.74, 6) is 3.84. The van der Waals surface area contributed by atoms with E-state index in [1.807, 2.05) is 0 Å². The van der Waals surface area contributed by atoms with Gasteiger partial charge in [0, 0.05) is 6.04 Å². The number of nitrogens with one attached hydrogen (secondary N) is 1. The van der Waals surface area contributed by atoms with Crippen molar-refractivity contribution in [3.05, 3.63) is 32.8 Å². The van der Waals surface area contributed by atoms with Crippen LogP contribution in [0.4, 0.5) is 0 Å². The highest BCUT2D eigenvalue weighted by molar-refractivity contribution is 9.10. The highest BCUT2D eigenvalue weighted by Crippen LogP contribution is 2.58. The third kappa shape index (κ3) is 2.67. The van der Waals surface area contributed by atoms with E-state index in [1.165, 1.54) is 44.4 Å². The molecule has 0 aromatic carbocycles. The molecule has 1 N–H and O–H groups in total. The van der Waals surface area contributed by atoms with Crippen LogP contribution >= 0.6 is 15.9 Å². The molecule has 3 aliphatic carbocycles. The standard InChI is InChI=1S/C18H22BrNO3/c1-9(20-17(21)13-7-15(19)18(22)23-8-13)16-12-3-2-11-4-10(5-12)6-14(11)16/h7-12,14,16H,2-6H2,1H3,(H,20,21)/t9-,10+,11-,12+,14-,16-/m0/s1. The van der Waals surface area contributed by atoms with E-state index in [-0.39, 0.29) is 16.4 Å². The lowest BCUT2D eigenvalue weighted by Crippen LogP contribution is -2.48. The number of halogens is 1. The third-order valence-electron chi connectivity index (χ3n) is 6.40. The zero-order valence-electron chi connectivity index (χ0n) is 13.3. The molecule has 3 saturated carbocycles. The van der Waals surface area contributed by atoms with Crippen molar-refractivity contribution in [3.63, 3.8) is 0 Å². The summed E-state index contributed by atoms with van der Waals surface area (Å²) in [4.78, 5) is 23.8. The molecule has 1 aromatic rings. The largest absolute Gasteiger partial charge is 0.430 e. The summed E-state index contributed by atoms with van der Waals surface area (Å²) in [5.41, 5.74) is -0.0650. The second-order valence-corrected chi connectivity index (χ2v) is 8.50. The van der Waals surface area contributed by atoms with Gasteiger partial charge in [0.25, 0.3) is 5.91 Å². The van der Waals surface area contributed by atoms with Crippen molar-refractivity contribution in [3.8, 4) is 0 Å². The fraction of sp³-hybridized carbons (Fsp3) is 0.667. The number of hydrogen-bond acceptors (Lipinski definition) is 3. The van der Waals surface area contributed by atoms with Gasteiger partial charge in [-0.15, -0.1) is 0 Å². The Morgan fingerprint density at radius 3 is 2.83 bits per heavy atom. The zero-order chi connectivity index (χ0) is 16.1. The van der Waals surface area contributed by atoms with Gasteiger partial charge in [0.05, 0.1) is 5.56 Å². The Morgan fingerprint density at radius 2 is 2.04 bits per heavy atom. The molecule has 0 unspecified atom stereocenters. The topological polar surface area (TPSA) is 59.3 Å². The van der Waals surface area contributed by atoms with Crippen LogP contribution in [0.1, 0.15) is 49.4 Å². The number of hydrogen-bond donors (Lipinski definition) is 1. The summed E-state index contributed by atoms with van der Waals surface area (Å²) in [6.45, 7) is 2.14. The van der Waals surface area contributed by atoms with E-state index in [1.54, 1.807) is 0 Å². The number of carbonyl (C=O) groups is 1. The first-order valence-electron chi connectivity index (χ1n) is 8.62. The van der Waals surface area contributed by atoms with Crippen LogP contribution in [0, 0.1) is 29.6 Å². The Bertz CT molecular complexity index is 685. The second-order valence-electron chi connectivity index (χ2n) is 7.64. The van der Waals surface area contributed by atoms with Gasteiger partial charge in [-0.1, -0.05) is 0 Å². The normalized spacial score (nSPS) is 36.0. The second kappa shape index (κ2) is 5.76. The van der Waals surface area contributed by atoms with Gasteiger partial charge in [-0.2, -0.15) is 0 Å². The predicted octanol–water partition coefficient (Wildman–Crippen LogP) is 3.59. The average molecular weight is 380 g/mol. The SMILES string of the molecule is C[C@H](NC(=O)c1coc(=O)c(Br)c1)[C@H]1[C@@H]2CC[C@H]3C[C@H](C2)C[C@@H]31. The van der Waals surface area contributed by atoms with Crippen LogP contribution < -0.4 is 10.9 Å². The zero-order valence-corrected chi connectivity index (χ0v) is 14.8. The molecule has 3 aliphatic rings. The van der Waals surface area contributed by atoms with Crippen molar-refractivity contribution < 1.29 is 9.21 Å². The molecule has 6 atom stereocenters. The average Bonchev–Trinajstić information content (AvgIpc) is 2.72. The van der Waals surface area contributed by atoms with E-state index in [0.29, 0.717) is 11.5 Å². The Kier molecular flexibility index (Phi) is 3.87. The van der Waals surface area contributed by atoms with Crippen LogP contribution in [0.3, 0.4) is 0 Å². The van der Waals surface area contributed by atoms with Gasteiger partial charge in [-0.05, 0) is 90.6 Å². The fourth-order valence-corrected chi connectivity index (χ4v) is 5.97. The van der Waals surface area contributed by atoms with Crippen LogP contribution in [0.2, 0.25) is 0 Å². The lowest BCUT2D eigenvalue weighted by Gasteiger charge is -2.45. The molecule has 4 rings (SSSR count). The quantitative estimate of drug-likeness (QED) is 0.872. The van der Waals surface area contributed by atoms with Crippen molar-refractivity contribution in [2.45, 2.75) is 45.1 Å². The lowest BCUT2D eigenvalue weighted by atomic mass is 9.62. The Hall–Kier alpha value is -1.10. The number of amides is 1. The van der Waals surface area contributed by atoms with E-state index in [2.05, 4.69) is 28.2 Å². The van der Waals surface area contributed by atoms with Crippen LogP contribution in [-0.4, -0.2) is 11.9 Å². The van der Waals surface area contributed by atoms with Crippen molar-refractivity contribution in [2.24, 2.45) is 29.6 Å². The third-order valence-corrected chi connectivity index (χ3v) is 6.95. The number of carbonyl (C=O) groups excluding carboxylic acids is 1. The summed E-state index contributed by atoms with van der Waals surface area (Å²) < 4.78 is 5.16. The summed E-state index contributed by atoms with van der Waals surface area (Å²) in [6.07, 6.45) is 8.08. The lowest BCUT2D eigenvalue weighted by molar-refractivity contribution is 0.0518. The summed E-state index contributed by atoms with van der Waals surface area (Å²) >= 11 is 3.12. The molecule has 1 amide bonds. The molecule has 0 radical (unpaired) electrons. The van der Waals surface area contributed by atoms with Crippen molar-refractivity contribution >= 4 is 21.8 Å². The van der Waals surface area contributed by atoms with E-state index in [4.69, 9.17) is 4.42 Å². The molecule has 3 bridgehead atoms. The maximum atomic E-state index is 12.5. The molecule has 0 saturated heterocycles. The van der Waals surface area contributed by atoms with Gasteiger partial charge < -0.3 is 9.73 Å². The summed E-state index contributed by atoms with van der Waals surface area (Å²) in [7, 11) is 0. The minimum atomic E-state index is -0.462. The van der Waals surface area contributed by atoms with Gasteiger partial charge in [0.15, 0.2) is 0 Å². The maximum Gasteiger partial charge on any atom is 0.350 e. The van der Waals surface area contributed by atoms with E-state index < -0.39 is 5.63 Å². The monoisotopic (exact) mass is 379 g/mol. The van der Waals surface area contributed by atoms with Gasteiger partial charge in [-0.25, -0.2) is 4.79 Å². The van der Waals surface area contributed by atoms with Crippen LogP contribution in [0.15, 0.2) is 26.0 Å². The van der Waals surface area contributed by atoms with Crippen molar-refractivity contribution in [1.82, 2.24) is 5.32 Å². The molecule has 0 spiro atoms. The van der Waals surface area contributed by atoms with Crippen LogP contribution in [-0.2, 0) is 0 Å². The van der Waals surface area contributed by atoms with Gasteiger partial charge in [0.1, 0.15) is 10.7 Å². The van der Waals surface area contributed by atoms with Crippen molar-refractivity contribution in [1.29, 1.82) is 0 Å². The van der Waals surface area contributed by atoms with Crippen molar-refractivity contribution in [2.75, 3.05) is 0 Å². The maximum absolute atomic E-state index is 12.5. The van der Waals surface area contributed by atoms with E-state index in [0.717, 1.165) is 23.7 Å². The Morgan fingerprint density at radius 1 is 1.30 bits per heavy atom. The molecule has 0 aliphatic heterocycles. The molecular weight excluding hydrogens is 358 g/mol. The molecule has 1 aromatic heterocycles. The van der Waals surface area contributed by atoms with E-state index in [9.17, 15) is 9.59 Å². The highest BCUT2D eigenvalue weighted by atomic mass is 79.9. The highest BCUT2D eigenvalue weighted by Gasteiger charge is 2.51. The fourth-order valence-electron chi connectivity index (χ4n) is 5.63. The molecule has 4 nitrogen and oxygen atoms in total. The summed E-state index contributed by atoms with van der Waals surface area (Å²) in [5, 5.41) is 3.16. The Labute approximate surface area is 144 Å². The van der Waals surface area contributed by atoms with Gasteiger partial charge in [-0.3, -0.25) is 4.79 Å². The minimum absolute atomic E-state index is 0.155. The molecule has 5 heteroatoms. The Balaban J connectivity index is 1.49. The smallest absolute Gasteiger partial charge is 0.350 e. The molecule has 124 valence electrons. The molecular formula is C18H22BrNO3. The number of fused-ring (bicyclic) bond motifs is 2. The molecule has 1 heterocycles. The van der Waals surface area contributed by atoms with E-state index >= 15 is 0 Å². The van der Waals surface area contributed by atoms with Crippen LogP contribution in [0.5, 0.6) is 0 Å². The predicted molar refractivity (Wildman–Crippen MR) is 90.1 cm³/mol. The molecule has 23 heavy (non-hydrogen) atoms. The molecule has 3 fully saturated rings. The first kappa shape index (κ1) is 15.4. The van der Waals surface area contributed by atoms with Gasteiger partial charge >= 0.3 is 5.63 Å². The first-order valence-corrected chi connectivity index (χ1v) is 9.41. The number of rotatable bonds is 3. The minimum Gasteiger partial charge on any atom is -0.430 e.